The summed E-state index contributed by atoms with van der Waals surface area (Å²) >= 11 is 6.03. The maximum atomic E-state index is 11.4. The molecular formula is C12H16ClNO3. The standard InChI is InChI=1S/C12H16ClNO3/c1-7(15)6-14-11-5-9(12(16)17-3)4-10(13)8(11)2/h4-5,7,14-15H,6H2,1-3H3. The van der Waals surface area contributed by atoms with E-state index in [2.05, 4.69) is 10.1 Å². The van der Waals surface area contributed by atoms with E-state index in [0.29, 0.717) is 17.1 Å². The third kappa shape index (κ3) is 3.61. The molecule has 0 saturated carbocycles. The Morgan fingerprint density at radius 3 is 2.76 bits per heavy atom. The zero-order valence-electron chi connectivity index (χ0n) is 10.1. The molecule has 0 aliphatic heterocycles. The van der Waals surface area contributed by atoms with E-state index in [-0.39, 0.29) is 0 Å². The van der Waals surface area contributed by atoms with Crippen molar-refractivity contribution in [3.05, 3.63) is 28.3 Å². The van der Waals surface area contributed by atoms with Crippen LogP contribution in [0.15, 0.2) is 12.1 Å². The maximum absolute atomic E-state index is 11.4. The first-order valence-electron chi connectivity index (χ1n) is 5.26. The number of benzene rings is 1. The van der Waals surface area contributed by atoms with Gasteiger partial charge in [-0.15, -0.1) is 0 Å². The molecule has 0 aromatic heterocycles. The molecule has 0 amide bonds. The largest absolute Gasteiger partial charge is 0.465 e. The van der Waals surface area contributed by atoms with Crippen LogP contribution in [-0.2, 0) is 4.74 Å². The molecule has 0 fully saturated rings. The lowest BCUT2D eigenvalue weighted by molar-refractivity contribution is 0.0601. The second-order valence-corrected chi connectivity index (χ2v) is 4.26. The van der Waals surface area contributed by atoms with Crippen molar-refractivity contribution in [2.45, 2.75) is 20.0 Å². The second kappa shape index (κ2) is 5.89. The monoisotopic (exact) mass is 257 g/mol. The van der Waals surface area contributed by atoms with Crippen LogP contribution >= 0.6 is 11.6 Å². The number of ether oxygens (including phenoxy) is 1. The number of carbonyl (C=O) groups is 1. The van der Waals surface area contributed by atoms with Crippen LogP contribution in [0.3, 0.4) is 0 Å². The smallest absolute Gasteiger partial charge is 0.337 e. The number of aliphatic hydroxyl groups is 1. The van der Waals surface area contributed by atoms with Crippen LogP contribution in [0.1, 0.15) is 22.8 Å². The summed E-state index contributed by atoms with van der Waals surface area (Å²) in [5.74, 6) is -0.438. The molecule has 1 aromatic rings. The lowest BCUT2D eigenvalue weighted by Crippen LogP contribution is -2.16. The minimum absolute atomic E-state index is 0.385. The Bertz CT molecular complexity index is 418. The van der Waals surface area contributed by atoms with Crippen LogP contribution in [0.25, 0.3) is 0 Å². The van der Waals surface area contributed by atoms with Crippen LogP contribution in [0.2, 0.25) is 5.02 Å². The van der Waals surface area contributed by atoms with Gasteiger partial charge in [0.2, 0.25) is 0 Å². The fourth-order valence-corrected chi connectivity index (χ4v) is 1.58. The van der Waals surface area contributed by atoms with Gasteiger partial charge >= 0.3 is 5.97 Å². The number of anilines is 1. The maximum Gasteiger partial charge on any atom is 0.337 e. The highest BCUT2D eigenvalue weighted by atomic mass is 35.5. The Hall–Kier alpha value is -1.26. The number of aliphatic hydroxyl groups excluding tert-OH is 1. The van der Waals surface area contributed by atoms with Crippen LogP contribution in [0.5, 0.6) is 0 Å². The van der Waals surface area contributed by atoms with Gasteiger partial charge in [-0.1, -0.05) is 11.6 Å². The highest BCUT2D eigenvalue weighted by Gasteiger charge is 2.11. The summed E-state index contributed by atoms with van der Waals surface area (Å²) in [6, 6.07) is 3.23. The van der Waals surface area contributed by atoms with Gasteiger partial charge in [0.15, 0.2) is 0 Å². The third-order valence-corrected chi connectivity index (χ3v) is 2.75. The van der Waals surface area contributed by atoms with Gasteiger partial charge < -0.3 is 15.2 Å². The molecule has 0 heterocycles. The molecule has 1 unspecified atom stereocenters. The molecule has 4 nitrogen and oxygen atoms in total. The molecule has 94 valence electrons. The summed E-state index contributed by atoms with van der Waals surface area (Å²) in [7, 11) is 1.32. The van der Waals surface area contributed by atoms with Crippen molar-refractivity contribution in [1.29, 1.82) is 0 Å². The molecule has 0 aliphatic rings. The number of carbonyl (C=O) groups excluding carboxylic acids is 1. The molecule has 17 heavy (non-hydrogen) atoms. The van der Waals surface area contributed by atoms with Gasteiger partial charge in [-0.25, -0.2) is 4.79 Å². The Labute approximate surface area is 106 Å². The average Bonchev–Trinajstić information content (AvgIpc) is 2.29. The minimum Gasteiger partial charge on any atom is -0.465 e. The highest BCUT2D eigenvalue weighted by Crippen LogP contribution is 2.26. The second-order valence-electron chi connectivity index (χ2n) is 3.85. The Morgan fingerprint density at radius 2 is 2.24 bits per heavy atom. The van der Waals surface area contributed by atoms with Gasteiger partial charge in [0.05, 0.1) is 18.8 Å². The number of esters is 1. The van der Waals surface area contributed by atoms with Gasteiger partial charge in [0.25, 0.3) is 0 Å². The van der Waals surface area contributed by atoms with Crippen molar-refractivity contribution in [3.63, 3.8) is 0 Å². The van der Waals surface area contributed by atoms with E-state index in [1.165, 1.54) is 7.11 Å². The fraction of sp³-hybridized carbons (Fsp3) is 0.417. The number of nitrogens with one attached hydrogen (secondary N) is 1. The van der Waals surface area contributed by atoms with E-state index in [0.717, 1.165) is 11.3 Å². The molecule has 0 radical (unpaired) electrons. The van der Waals surface area contributed by atoms with Crippen molar-refractivity contribution < 1.29 is 14.6 Å². The molecule has 0 saturated heterocycles. The normalized spacial score (nSPS) is 12.1. The van der Waals surface area contributed by atoms with Crippen LogP contribution in [0, 0.1) is 6.92 Å². The first kappa shape index (κ1) is 13.8. The van der Waals surface area contributed by atoms with E-state index in [9.17, 15) is 9.90 Å². The SMILES string of the molecule is COC(=O)c1cc(Cl)c(C)c(NCC(C)O)c1. The van der Waals surface area contributed by atoms with Crippen LogP contribution in [-0.4, -0.2) is 30.8 Å². The molecule has 0 aliphatic carbocycles. The van der Waals surface area contributed by atoms with Gasteiger partial charge in [-0.2, -0.15) is 0 Å². The lowest BCUT2D eigenvalue weighted by Gasteiger charge is -2.13. The van der Waals surface area contributed by atoms with Crippen molar-refractivity contribution >= 4 is 23.3 Å². The summed E-state index contributed by atoms with van der Waals surface area (Å²) in [6.45, 7) is 3.91. The number of halogens is 1. The van der Waals surface area contributed by atoms with E-state index in [1.807, 2.05) is 6.92 Å². The third-order valence-electron chi connectivity index (χ3n) is 2.35. The van der Waals surface area contributed by atoms with E-state index in [1.54, 1.807) is 19.1 Å². The molecule has 2 N–H and O–H groups in total. The van der Waals surface area contributed by atoms with Gasteiger partial charge in [0.1, 0.15) is 0 Å². The number of hydrogen-bond donors (Lipinski definition) is 2. The first-order valence-corrected chi connectivity index (χ1v) is 5.64. The number of rotatable bonds is 4. The van der Waals surface area contributed by atoms with Crippen molar-refractivity contribution in [1.82, 2.24) is 0 Å². The molecule has 1 rings (SSSR count). The fourth-order valence-electron chi connectivity index (χ4n) is 1.36. The molecule has 0 bridgehead atoms. The van der Waals surface area contributed by atoms with E-state index >= 15 is 0 Å². The molecule has 5 heteroatoms. The molecule has 1 aromatic carbocycles. The lowest BCUT2D eigenvalue weighted by atomic mass is 10.1. The predicted octanol–water partition coefficient (Wildman–Crippen LogP) is 2.23. The van der Waals surface area contributed by atoms with Gasteiger partial charge in [-0.05, 0) is 31.5 Å². The topological polar surface area (TPSA) is 58.6 Å². The Balaban J connectivity index is 3.02. The quantitative estimate of drug-likeness (QED) is 0.812. The summed E-state index contributed by atoms with van der Waals surface area (Å²) in [4.78, 5) is 11.4. The molecule has 0 spiro atoms. The summed E-state index contributed by atoms with van der Waals surface area (Å²) in [5, 5.41) is 12.7. The number of methoxy groups -OCH3 is 1. The zero-order valence-corrected chi connectivity index (χ0v) is 10.8. The Kier molecular flexibility index (Phi) is 4.78. The number of hydrogen-bond acceptors (Lipinski definition) is 4. The highest BCUT2D eigenvalue weighted by molar-refractivity contribution is 6.32. The molecule has 1 atom stereocenters. The van der Waals surface area contributed by atoms with Crippen LogP contribution in [0.4, 0.5) is 5.69 Å². The van der Waals surface area contributed by atoms with E-state index in [4.69, 9.17) is 11.6 Å². The van der Waals surface area contributed by atoms with E-state index < -0.39 is 12.1 Å². The average molecular weight is 258 g/mol. The van der Waals surface area contributed by atoms with Crippen molar-refractivity contribution in [2.24, 2.45) is 0 Å². The summed E-state index contributed by atoms with van der Waals surface area (Å²) in [5.41, 5.74) is 1.94. The first-order chi connectivity index (χ1) is 7.95. The zero-order chi connectivity index (χ0) is 13.0. The minimum atomic E-state index is -0.477. The van der Waals surface area contributed by atoms with Crippen molar-refractivity contribution in [2.75, 3.05) is 19.0 Å². The van der Waals surface area contributed by atoms with Gasteiger partial charge in [-0.3, -0.25) is 0 Å². The summed E-state index contributed by atoms with van der Waals surface area (Å²) < 4.78 is 4.64. The van der Waals surface area contributed by atoms with Gasteiger partial charge in [0, 0.05) is 17.3 Å². The summed E-state index contributed by atoms with van der Waals surface area (Å²) in [6.07, 6.45) is -0.477. The van der Waals surface area contributed by atoms with Crippen LogP contribution < -0.4 is 5.32 Å². The molecular weight excluding hydrogens is 242 g/mol. The van der Waals surface area contributed by atoms with Crippen molar-refractivity contribution in [3.8, 4) is 0 Å². The predicted molar refractivity (Wildman–Crippen MR) is 67.7 cm³/mol. The Morgan fingerprint density at radius 1 is 1.59 bits per heavy atom.